The molecule has 2 saturated heterocycles. The second-order valence-corrected chi connectivity index (χ2v) is 13.5. The predicted octanol–water partition coefficient (Wildman–Crippen LogP) is 7.09. The third-order valence-electron chi connectivity index (χ3n) is 9.06. The molecule has 5 aromatic rings. The number of aromatic amines is 2. The number of carbonyl (C=O) groups is 2. The van der Waals surface area contributed by atoms with E-state index in [1.807, 2.05) is 39.0 Å². The van der Waals surface area contributed by atoms with Gasteiger partial charge < -0.3 is 19.8 Å². The number of hydrogen-bond donors (Lipinski definition) is 3. The first-order chi connectivity index (χ1) is 22.9. The third-order valence-corrected chi connectivity index (χ3v) is 9.06. The molecular weight excluding hydrogens is 608 g/mol. The van der Waals surface area contributed by atoms with Crippen molar-refractivity contribution in [3.63, 3.8) is 0 Å². The molecule has 0 saturated carbocycles. The lowest BCUT2D eigenvalue weighted by atomic mass is 9.98. The van der Waals surface area contributed by atoms with E-state index in [1.165, 1.54) is 5.01 Å². The van der Waals surface area contributed by atoms with E-state index in [9.17, 15) is 14.7 Å². The normalized spacial score (nSPS) is 19.0. The quantitative estimate of drug-likeness (QED) is 0.184. The van der Waals surface area contributed by atoms with Crippen molar-refractivity contribution in [1.29, 1.82) is 0 Å². The number of rotatable bonds is 5. The highest BCUT2D eigenvalue weighted by Gasteiger charge is 2.39. The molecule has 0 aliphatic carbocycles. The minimum atomic E-state index is -0.981. The third kappa shape index (κ3) is 6.00. The highest BCUT2D eigenvalue weighted by Crippen LogP contribution is 2.35. The number of hydrazine groups is 2. The van der Waals surface area contributed by atoms with Gasteiger partial charge in [-0.2, -0.15) is 0 Å². The molecule has 4 heterocycles. The number of nitrogens with zero attached hydrogens (tertiary/aromatic N) is 6. The fourth-order valence-corrected chi connectivity index (χ4v) is 6.65. The van der Waals surface area contributed by atoms with Gasteiger partial charge in [0.25, 0.3) is 0 Å². The van der Waals surface area contributed by atoms with Crippen LogP contribution in [0.25, 0.3) is 44.4 Å². The van der Waals surface area contributed by atoms with Crippen LogP contribution in [0, 0.1) is 0 Å². The summed E-state index contributed by atoms with van der Waals surface area (Å²) >= 11 is 0. The Kier molecular flexibility index (Phi) is 7.92. The maximum atomic E-state index is 13.0. The SMILES string of the molecule is CN1CCC(c2ncc(-c3ccc(-c4ccc5cc(-c6cnc(C7CCN(C)N7C(=O)OC(C)(C)C)[nH]6)ccc5c4)cc3)[nH]2)N1C(=O)O. The highest BCUT2D eigenvalue weighted by atomic mass is 16.6. The van der Waals surface area contributed by atoms with Crippen molar-refractivity contribution in [1.82, 2.24) is 40.0 Å². The van der Waals surface area contributed by atoms with Crippen LogP contribution in [0.1, 0.15) is 57.3 Å². The van der Waals surface area contributed by atoms with Gasteiger partial charge >= 0.3 is 12.2 Å². The summed E-state index contributed by atoms with van der Waals surface area (Å²) in [6.07, 6.45) is 3.69. The molecule has 12 nitrogen and oxygen atoms in total. The van der Waals surface area contributed by atoms with Crippen molar-refractivity contribution < 1.29 is 19.4 Å². The lowest BCUT2D eigenvalue weighted by Gasteiger charge is -2.31. The summed E-state index contributed by atoms with van der Waals surface area (Å²) in [5, 5.41) is 18.4. The van der Waals surface area contributed by atoms with Gasteiger partial charge in [-0.25, -0.2) is 39.6 Å². The van der Waals surface area contributed by atoms with Crippen LogP contribution in [0.5, 0.6) is 0 Å². The summed E-state index contributed by atoms with van der Waals surface area (Å²) in [5.41, 5.74) is 5.35. The van der Waals surface area contributed by atoms with E-state index in [2.05, 4.69) is 80.6 Å². The molecule has 2 aliphatic rings. The van der Waals surface area contributed by atoms with Crippen LogP contribution in [0.2, 0.25) is 0 Å². The number of aromatic nitrogens is 4. The molecule has 12 heteroatoms. The number of H-pyrrole nitrogens is 2. The van der Waals surface area contributed by atoms with E-state index in [4.69, 9.17) is 4.74 Å². The van der Waals surface area contributed by atoms with Crippen LogP contribution in [-0.2, 0) is 4.74 Å². The molecular formula is C36H40N8O4. The molecule has 0 bridgehead atoms. The molecule has 2 atom stereocenters. The predicted molar refractivity (Wildman–Crippen MR) is 182 cm³/mol. The van der Waals surface area contributed by atoms with Crippen molar-refractivity contribution in [3.05, 3.63) is 84.7 Å². The van der Waals surface area contributed by atoms with Crippen molar-refractivity contribution in [3.8, 4) is 33.6 Å². The summed E-state index contributed by atoms with van der Waals surface area (Å²) in [7, 11) is 3.67. The van der Waals surface area contributed by atoms with Crippen molar-refractivity contribution in [2.45, 2.75) is 51.3 Å². The number of benzene rings is 3. The van der Waals surface area contributed by atoms with E-state index in [-0.39, 0.29) is 18.2 Å². The van der Waals surface area contributed by atoms with E-state index in [1.54, 1.807) is 23.3 Å². The van der Waals surface area contributed by atoms with Crippen molar-refractivity contribution >= 4 is 23.0 Å². The number of carbonyl (C=O) groups excluding carboxylic acids is 1. The maximum Gasteiger partial charge on any atom is 0.425 e. The van der Waals surface area contributed by atoms with Crippen LogP contribution in [0.15, 0.2) is 73.1 Å². The zero-order valence-corrected chi connectivity index (χ0v) is 27.8. The number of imidazole rings is 2. The largest absolute Gasteiger partial charge is 0.464 e. The van der Waals surface area contributed by atoms with E-state index >= 15 is 0 Å². The standard InChI is InChI=1S/C36H40N8O4/c1-36(2,3)48-35(47)44-31(15-17-42(44)5)33-38-21-29(40-33)27-13-12-25-18-24(10-11-26(25)19-27)22-6-8-23(9-7-22)28-20-37-32(39-28)30-14-16-41(4)43(30)34(45)46/h6-13,18-21,30-31H,14-17H2,1-5H3,(H,37,39)(H,38,40)(H,45,46). The van der Waals surface area contributed by atoms with Crippen LogP contribution in [-0.4, -0.2) is 90.1 Å². The Hall–Kier alpha value is -5.20. The smallest absolute Gasteiger partial charge is 0.425 e. The summed E-state index contributed by atoms with van der Waals surface area (Å²) in [4.78, 5) is 40.7. The molecule has 2 aliphatic heterocycles. The molecule has 48 heavy (non-hydrogen) atoms. The summed E-state index contributed by atoms with van der Waals surface area (Å²) in [6, 6.07) is 20.5. The van der Waals surface area contributed by atoms with Crippen molar-refractivity contribution in [2.75, 3.05) is 27.2 Å². The number of amides is 2. The molecule has 2 fully saturated rings. The number of fused-ring (bicyclic) bond motifs is 1. The zero-order valence-electron chi connectivity index (χ0n) is 27.8. The average Bonchev–Trinajstić information content (AvgIpc) is 3.86. The van der Waals surface area contributed by atoms with Gasteiger partial charge in [-0.15, -0.1) is 0 Å². The van der Waals surface area contributed by atoms with E-state index in [0.717, 1.165) is 63.2 Å². The van der Waals surface area contributed by atoms with Gasteiger partial charge in [-0.05, 0) is 73.2 Å². The monoisotopic (exact) mass is 648 g/mol. The zero-order chi connectivity index (χ0) is 33.7. The molecule has 0 radical (unpaired) electrons. The van der Waals surface area contributed by atoms with Gasteiger partial charge in [-0.3, -0.25) is 0 Å². The Morgan fingerprint density at radius 1 is 0.729 bits per heavy atom. The molecule has 2 amide bonds. The van der Waals surface area contributed by atoms with Gasteiger partial charge in [0.05, 0.1) is 23.8 Å². The number of hydrogen-bond acceptors (Lipinski definition) is 7. The summed E-state index contributed by atoms with van der Waals surface area (Å²) < 4.78 is 5.66. The Morgan fingerprint density at radius 2 is 1.21 bits per heavy atom. The van der Waals surface area contributed by atoms with Gasteiger partial charge in [-0.1, -0.05) is 48.5 Å². The van der Waals surface area contributed by atoms with Crippen LogP contribution < -0.4 is 0 Å². The van der Waals surface area contributed by atoms with Gasteiger partial charge in [0.15, 0.2) is 0 Å². The van der Waals surface area contributed by atoms with Gasteiger partial charge in [0.1, 0.15) is 29.3 Å². The minimum Gasteiger partial charge on any atom is -0.464 e. The summed E-state index contributed by atoms with van der Waals surface area (Å²) in [5.74, 6) is 1.38. The molecule has 3 aromatic carbocycles. The fourth-order valence-electron chi connectivity index (χ4n) is 6.65. The lowest BCUT2D eigenvalue weighted by Crippen LogP contribution is -2.43. The van der Waals surface area contributed by atoms with Crippen molar-refractivity contribution in [2.24, 2.45) is 0 Å². The maximum absolute atomic E-state index is 13.0. The Bertz CT molecular complexity index is 1980. The number of ether oxygens (including phenoxy) is 1. The first-order valence-corrected chi connectivity index (χ1v) is 16.2. The second-order valence-electron chi connectivity index (χ2n) is 13.5. The Balaban J connectivity index is 1.06. The molecule has 0 spiro atoms. The average molecular weight is 649 g/mol. The van der Waals surface area contributed by atoms with Gasteiger partial charge in [0.2, 0.25) is 0 Å². The Morgan fingerprint density at radius 3 is 1.79 bits per heavy atom. The van der Waals surface area contributed by atoms with Gasteiger partial charge in [0, 0.05) is 32.7 Å². The molecule has 248 valence electrons. The first kappa shape index (κ1) is 31.4. The number of carboxylic acid groups (broad SMARTS) is 1. The van der Waals surface area contributed by atoms with E-state index in [0.29, 0.717) is 18.8 Å². The van der Waals surface area contributed by atoms with Crippen LogP contribution in [0.4, 0.5) is 9.59 Å². The first-order valence-electron chi connectivity index (χ1n) is 16.2. The molecule has 2 aromatic heterocycles. The second kappa shape index (κ2) is 12.1. The molecule has 7 rings (SSSR count). The highest BCUT2D eigenvalue weighted by molar-refractivity contribution is 5.90. The minimum absolute atomic E-state index is 0.222. The fraction of sp³-hybridized carbons (Fsp3) is 0.333. The molecule has 2 unspecified atom stereocenters. The van der Waals surface area contributed by atoms with Crippen LogP contribution >= 0.6 is 0 Å². The number of nitrogens with one attached hydrogen (secondary N) is 2. The van der Waals surface area contributed by atoms with E-state index < -0.39 is 11.7 Å². The Labute approximate surface area is 278 Å². The van der Waals surface area contributed by atoms with Crippen LogP contribution in [0.3, 0.4) is 0 Å². The molecule has 3 N–H and O–H groups in total. The summed E-state index contributed by atoms with van der Waals surface area (Å²) in [6.45, 7) is 7.00. The lowest BCUT2D eigenvalue weighted by molar-refractivity contribution is -0.0318. The topological polar surface area (TPSA) is 134 Å².